The van der Waals surface area contributed by atoms with E-state index in [4.69, 9.17) is 5.84 Å². The van der Waals surface area contributed by atoms with E-state index in [0.29, 0.717) is 19.1 Å². The minimum Gasteiger partial charge on any atom is -0.298 e. The minimum atomic E-state index is -3.50. The summed E-state index contributed by atoms with van der Waals surface area (Å²) in [6.45, 7) is 1.60. The lowest BCUT2D eigenvalue weighted by Gasteiger charge is -2.40. The molecule has 1 amide bonds. The molecule has 0 spiro atoms. The summed E-state index contributed by atoms with van der Waals surface area (Å²) in [5, 5.41) is 0. The fourth-order valence-electron chi connectivity index (χ4n) is 2.87. The van der Waals surface area contributed by atoms with Crippen LogP contribution in [0.5, 0.6) is 0 Å². The molecule has 2 aliphatic rings. The Bertz CT molecular complexity index is 299. The van der Waals surface area contributed by atoms with E-state index in [1.54, 1.807) is 0 Å². The predicted molar refractivity (Wildman–Crippen MR) is 62.7 cm³/mol. The van der Waals surface area contributed by atoms with Gasteiger partial charge in [0.2, 0.25) is 0 Å². The number of alkyl halides is 2. The lowest BCUT2D eigenvalue weighted by atomic mass is 10.1. The molecule has 0 unspecified atom stereocenters. The Morgan fingerprint density at radius 2 is 1.72 bits per heavy atom. The monoisotopic (exact) mass is 262 g/mol. The van der Waals surface area contributed by atoms with Crippen LogP contribution in [0.3, 0.4) is 0 Å². The molecule has 0 aromatic carbocycles. The highest BCUT2D eigenvalue weighted by Crippen LogP contribution is 2.27. The number of nitrogens with two attached hydrogens (primary N) is 1. The van der Waals surface area contributed by atoms with E-state index >= 15 is 0 Å². The van der Waals surface area contributed by atoms with Crippen LogP contribution in [0.15, 0.2) is 0 Å². The highest BCUT2D eigenvalue weighted by molar-refractivity contribution is 5.82. The Labute approximate surface area is 105 Å². The van der Waals surface area contributed by atoms with E-state index in [2.05, 4.69) is 4.90 Å². The van der Waals surface area contributed by atoms with Gasteiger partial charge in [-0.25, -0.2) is 10.7 Å². The number of halogens is 2. The van der Waals surface area contributed by atoms with Gasteiger partial charge in [-0.05, 0) is 12.8 Å². The van der Waals surface area contributed by atoms with E-state index in [1.807, 2.05) is 0 Å². The molecule has 18 heavy (non-hydrogen) atoms. The summed E-state index contributed by atoms with van der Waals surface area (Å²) >= 11 is 0. The first kappa shape index (κ1) is 13.6. The highest BCUT2D eigenvalue weighted by Gasteiger charge is 2.46. The molecule has 3 N–H and O–H groups in total. The molecule has 1 saturated heterocycles. The second kappa shape index (κ2) is 5.46. The van der Waals surface area contributed by atoms with E-state index in [9.17, 15) is 13.6 Å². The number of rotatable bonds is 3. The number of nitrogens with zero attached hydrogens (tertiary/aromatic N) is 2. The van der Waals surface area contributed by atoms with Crippen molar-refractivity contribution in [1.82, 2.24) is 15.2 Å². The third-order valence-electron chi connectivity index (χ3n) is 3.96. The van der Waals surface area contributed by atoms with E-state index in [0.717, 1.165) is 4.90 Å². The summed E-state index contributed by atoms with van der Waals surface area (Å²) in [4.78, 5) is 14.2. The van der Waals surface area contributed by atoms with Gasteiger partial charge in [-0.1, -0.05) is 12.8 Å². The van der Waals surface area contributed by atoms with Crippen molar-refractivity contribution in [1.29, 1.82) is 0 Å². The molecule has 1 saturated carbocycles. The molecule has 7 heteroatoms. The molecule has 1 aliphatic heterocycles. The number of piperazine rings is 1. The number of amides is 1. The molecule has 1 aliphatic carbocycles. The number of carbonyl (C=O) groups is 1. The van der Waals surface area contributed by atoms with Gasteiger partial charge < -0.3 is 0 Å². The van der Waals surface area contributed by atoms with Crippen LogP contribution in [-0.2, 0) is 4.79 Å². The normalized spacial score (nSPS) is 24.4. The molecule has 0 aromatic rings. The predicted octanol–water partition coefficient (Wildman–Crippen LogP) is 0.129. The summed E-state index contributed by atoms with van der Waals surface area (Å²) in [6, 6.07) is -2.96. The maximum absolute atomic E-state index is 13.6. The number of nitrogens with one attached hydrogen (secondary N) is 1. The molecule has 0 radical (unpaired) electrons. The van der Waals surface area contributed by atoms with Crippen molar-refractivity contribution in [2.75, 3.05) is 26.2 Å². The van der Waals surface area contributed by atoms with E-state index in [-0.39, 0.29) is 13.1 Å². The van der Waals surface area contributed by atoms with Gasteiger partial charge >= 0.3 is 12.0 Å². The maximum Gasteiger partial charge on any atom is 0.385 e. The molecule has 0 aromatic heterocycles. The van der Waals surface area contributed by atoms with Gasteiger partial charge in [0.25, 0.3) is 0 Å². The summed E-state index contributed by atoms with van der Waals surface area (Å²) in [6.07, 6.45) is 4.80. The smallest absolute Gasteiger partial charge is 0.298 e. The first-order valence-electron chi connectivity index (χ1n) is 6.43. The molecular weight excluding hydrogens is 242 g/mol. The summed E-state index contributed by atoms with van der Waals surface area (Å²) in [5.41, 5.74) is 1.52. The van der Waals surface area contributed by atoms with Crippen molar-refractivity contribution < 1.29 is 13.6 Å². The second-order valence-corrected chi connectivity index (χ2v) is 4.98. The Balaban J connectivity index is 1.87. The first-order valence-corrected chi connectivity index (χ1v) is 6.43. The zero-order valence-corrected chi connectivity index (χ0v) is 10.4. The van der Waals surface area contributed by atoms with Crippen LogP contribution < -0.4 is 11.3 Å². The van der Waals surface area contributed by atoms with Crippen molar-refractivity contribution in [3.8, 4) is 0 Å². The minimum absolute atomic E-state index is 0.205. The quantitative estimate of drug-likeness (QED) is 0.328. The lowest BCUT2D eigenvalue weighted by molar-refractivity contribution is -0.184. The maximum atomic E-state index is 13.6. The fourth-order valence-corrected chi connectivity index (χ4v) is 2.87. The summed E-state index contributed by atoms with van der Waals surface area (Å²) in [5.74, 6) is 3.34. The zero-order valence-electron chi connectivity index (χ0n) is 10.4. The Morgan fingerprint density at radius 3 is 2.22 bits per heavy atom. The van der Waals surface area contributed by atoms with Crippen LogP contribution in [0, 0.1) is 0 Å². The van der Waals surface area contributed by atoms with Gasteiger partial charge in [-0.3, -0.25) is 15.1 Å². The topological polar surface area (TPSA) is 61.6 Å². The van der Waals surface area contributed by atoms with Crippen molar-refractivity contribution >= 4 is 5.91 Å². The molecule has 2 fully saturated rings. The molecule has 5 nitrogen and oxygen atoms in total. The Hall–Kier alpha value is -0.790. The van der Waals surface area contributed by atoms with Crippen LogP contribution in [0.25, 0.3) is 0 Å². The number of hydrazine groups is 1. The van der Waals surface area contributed by atoms with Gasteiger partial charge in [-0.15, -0.1) is 0 Å². The van der Waals surface area contributed by atoms with Crippen LogP contribution >= 0.6 is 0 Å². The van der Waals surface area contributed by atoms with Gasteiger partial charge in [0.15, 0.2) is 0 Å². The SMILES string of the molecule is NNC(=O)C(F)(F)N1CCN(C2CCCC2)CC1. The summed E-state index contributed by atoms with van der Waals surface area (Å²) in [7, 11) is 0. The van der Waals surface area contributed by atoms with Crippen LogP contribution in [-0.4, -0.2) is 54.0 Å². The average Bonchev–Trinajstić information content (AvgIpc) is 2.91. The number of hydrogen-bond acceptors (Lipinski definition) is 4. The third kappa shape index (κ3) is 2.62. The summed E-state index contributed by atoms with van der Waals surface area (Å²) < 4.78 is 27.2. The number of hydrogen-bond donors (Lipinski definition) is 2. The molecule has 1 heterocycles. The lowest BCUT2D eigenvalue weighted by Crippen LogP contribution is -2.60. The van der Waals surface area contributed by atoms with Gasteiger partial charge in [0.1, 0.15) is 0 Å². The van der Waals surface area contributed by atoms with Crippen LogP contribution in [0.1, 0.15) is 25.7 Å². The average molecular weight is 262 g/mol. The largest absolute Gasteiger partial charge is 0.385 e. The van der Waals surface area contributed by atoms with Crippen LogP contribution in [0.4, 0.5) is 8.78 Å². The molecule has 0 atom stereocenters. The van der Waals surface area contributed by atoms with Crippen LogP contribution in [0.2, 0.25) is 0 Å². The first-order chi connectivity index (χ1) is 8.55. The molecular formula is C11H20F2N4O. The Morgan fingerprint density at radius 1 is 1.17 bits per heavy atom. The zero-order chi connectivity index (χ0) is 13.2. The molecule has 0 bridgehead atoms. The molecule has 2 rings (SSSR count). The van der Waals surface area contributed by atoms with Gasteiger partial charge in [0, 0.05) is 32.2 Å². The van der Waals surface area contributed by atoms with Crippen molar-refractivity contribution in [3.63, 3.8) is 0 Å². The van der Waals surface area contributed by atoms with Gasteiger partial charge in [0.05, 0.1) is 0 Å². The van der Waals surface area contributed by atoms with E-state index in [1.165, 1.54) is 31.1 Å². The molecule has 104 valence electrons. The standard InChI is InChI=1S/C11H20F2N4O/c12-11(13,10(18)15-14)17-7-5-16(6-8-17)9-3-1-2-4-9/h9H,1-8,14H2,(H,15,18). The number of carbonyl (C=O) groups excluding carboxylic acids is 1. The second-order valence-electron chi connectivity index (χ2n) is 4.98. The third-order valence-corrected chi connectivity index (χ3v) is 3.96. The van der Waals surface area contributed by atoms with E-state index < -0.39 is 12.0 Å². The Kier molecular flexibility index (Phi) is 4.14. The highest BCUT2D eigenvalue weighted by atomic mass is 19.3. The van der Waals surface area contributed by atoms with Gasteiger partial charge in [-0.2, -0.15) is 8.78 Å². The van der Waals surface area contributed by atoms with Crippen molar-refractivity contribution in [3.05, 3.63) is 0 Å². The van der Waals surface area contributed by atoms with Crippen molar-refractivity contribution in [2.24, 2.45) is 5.84 Å². The fraction of sp³-hybridized carbons (Fsp3) is 0.909. The van der Waals surface area contributed by atoms with Crippen molar-refractivity contribution in [2.45, 2.75) is 37.8 Å².